The summed E-state index contributed by atoms with van der Waals surface area (Å²) in [7, 11) is 2.95. The minimum absolute atomic E-state index is 0.210. The Labute approximate surface area is 155 Å². The van der Waals surface area contributed by atoms with Crippen molar-refractivity contribution in [2.75, 3.05) is 7.11 Å². The molecule has 0 bridgehead atoms. The topological polar surface area (TPSA) is 49.7 Å². The van der Waals surface area contributed by atoms with Gasteiger partial charge < -0.3 is 18.6 Å². The van der Waals surface area contributed by atoms with Gasteiger partial charge in [0, 0.05) is 29.5 Å². The Balaban J connectivity index is 2.12. The van der Waals surface area contributed by atoms with Crippen LogP contribution in [0.3, 0.4) is 0 Å². The molecule has 1 atom stereocenters. The van der Waals surface area contributed by atoms with Gasteiger partial charge in [-0.05, 0) is 46.2 Å². The van der Waals surface area contributed by atoms with Gasteiger partial charge in [-0.15, -0.1) is 0 Å². The number of nitrogens with zero attached hydrogens (tertiary/aromatic N) is 1. The molecule has 1 unspecified atom stereocenters. The predicted octanol–water partition coefficient (Wildman–Crippen LogP) is 3.76. The van der Waals surface area contributed by atoms with Crippen LogP contribution >= 0.6 is 0 Å². The number of aryl methyl sites for hydroxylation is 1. The normalized spacial score (nSPS) is 19.7. The second-order valence-electron chi connectivity index (χ2n) is 8.09. The van der Waals surface area contributed by atoms with Gasteiger partial charge >= 0.3 is 13.1 Å². The molecular formula is C20H28BNO4. The van der Waals surface area contributed by atoms with Crippen LogP contribution in [0.4, 0.5) is 0 Å². The first-order chi connectivity index (χ1) is 12.1. The average molecular weight is 357 g/mol. The van der Waals surface area contributed by atoms with Crippen molar-refractivity contribution >= 4 is 24.0 Å². The maximum atomic E-state index is 12.2. The Bertz CT molecular complexity index is 824. The van der Waals surface area contributed by atoms with E-state index in [4.69, 9.17) is 14.0 Å². The largest absolute Gasteiger partial charge is 0.469 e. The van der Waals surface area contributed by atoms with Crippen LogP contribution in [0.1, 0.15) is 51.2 Å². The number of hydrogen-bond acceptors (Lipinski definition) is 4. The summed E-state index contributed by atoms with van der Waals surface area (Å²) < 4.78 is 19.7. The monoisotopic (exact) mass is 357 g/mol. The lowest BCUT2D eigenvalue weighted by Gasteiger charge is -2.32. The zero-order valence-electron chi connectivity index (χ0n) is 16.8. The summed E-state index contributed by atoms with van der Waals surface area (Å²) >= 11 is 0. The SMILES string of the molecule is COC(=O)CC(B1OC(C)(C)C(C)(C)O1)c1c(C)n(C)c2ccccc12. The summed E-state index contributed by atoms with van der Waals surface area (Å²) in [6.45, 7) is 10.2. The molecule has 1 aromatic heterocycles. The van der Waals surface area contributed by atoms with E-state index >= 15 is 0 Å². The lowest BCUT2D eigenvalue weighted by atomic mass is 9.65. The van der Waals surface area contributed by atoms with E-state index in [0.29, 0.717) is 0 Å². The molecule has 0 N–H and O–H groups in total. The van der Waals surface area contributed by atoms with Crippen molar-refractivity contribution in [1.29, 1.82) is 0 Å². The minimum atomic E-state index is -0.511. The number of carbonyl (C=O) groups is 1. The molecule has 1 aromatic carbocycles. The van der Waals surface area contributed by atoms with E-state index in [1.807, 2.05) is 46.9 Å². The smallest absolute Gasteiger partial charge is 0.466 e. The highest BCUT2D eigenvalue weighted by Gasteiger charge is 2.55. The highest BCUT2D eigenvalue weighted by atomic mass is 16.7. The van der Waals surface area contributed by atoms with Crippen LogP contribution in [0.25, 0.3) is 10.9 Å². The summed E-state index contributed by atoms with van der Waals surface area (Å²) in [4.78, 5) is 12.2. The van der Waals surface area contributed by atoms with Crippen LogP contribution < -0.4 is 0 Å². The number of aromatic nitrogens is 1. The molecule has 2 aromatic rings. The van der Waals surface area contributed by atoms with E-state index in [1.165, 1.54) is 7.11 Å². The van der Waals surface area contributed by atoms with Crippen LogP contribution in [-0.4, -0.2) is 36.0 Å². The fourth-order valence-corrected chi connectivity index (χ4v) is 3.67. The first-order valence-corrected chi connectivity index (χ1v) is 9.05. The molecule has 0 radical (unpaired) electrons. The number of fused-ring (bicyclic) bond motifs is 1. The highest BCUT2D eigenvalue weighted by molar-refractivity contribution is 6.48. The highest BCUT2D eigenvalue weighted by Crippen LogP contribution is 2.44. The Morgan fingerprint density at radius 2 is 1.77 bits per heavy atom. The standard InChI is InChI=1S/C20H28BNO4/c1-13-18(14-10-8-9-11-16(14)22(13)6)15(12-17(23)24-7)21-25-19(2,3)20(4,5)26-21/h8-11,15H,12H2,1-7H3. The molecule has 2 heterocycles. The third kappa shape index (κ3) is 2.95. The van der Waals surface area contributed by atoms with Crippen molar-refractivity contribution in [3.8, 4) is 0 Å². The van der Waals surface area contributed by atoms with Gasteiger partial charge in [0.05, 0.1) is 24.7 Å². The van der Waals surface area contributed by atoms with E-state index < -0.39 is 18.3 Å². The van der Waals surface area contributed by atoms with E-state index in [1.54, 1.807) is 0 Å². The van der Waals surface area contributed by atoms with E-state index in [-0.39, 0.29) is 18.2 Å². The van der Waals surface area contributed by atoms with Crippen molar-refractivity contribution < 1.29 is 18.8 Å². The number of benzene rings is 1. The third-order valence-electron chi connectivity index (χ3n) is 6.03. The number of carbonyl (C=O) groups excluding carboxylic acids is 1. The maximum absolute atomic E-state index is 12.2. The van der Waals surface area contributed by atoms with Gasteiger partial charge in [0.2, 0.25) is 0 Å². The van der Waals surface area contributed by atoms with Crippen LogP contribution in [0.15, 0.2) is 24.3 Å². The Hall–Kier alpha value is -1.79. The minimum Gasteiger partial charge on any atom is -0.469 e. The fraction of sp³-hybridized carbons (Fsp3) is 0.550. The second-order valence-corrected chi connectivity index (χ2v) is 8.09. The first kappa shape index (κ1) is 19.0. The zero-order chi connectivity index (χ0) is 19.3. The number of para-hydroxylation sites is 1. The molecule has 0 saturated carbocycles. The van der Waals surface area contributed by atoms with Crippen LogP contribution in [-0.2, 0) is 25.9 Å². The summed E-state index contributed by atoms with van der Waals surface area (Å²) in [5, 5.41) is 1.12. The number of ether oxygens (including phenoxy) is 1. The van der Waals surface area contributed by atoms with Crippen LogP contribution in [0, 0.1) is 6.92 Å². The summed E-state index contributed by atoms with van der Waals surface area (Å²) in [5.74, 6) is -0.508. The van der Waals surface area contributed by atoms with Gasteiger partial charge in [-0.25, -0.2) is 0 Å². The van der Waals surface area contributed by atoms with Gasteiger partial charge in [-0.3, -0.25) is 4.79 Å². The maximum Gasteiger partial charge on any atom is 0.466 e. The van der Waals surface area contributed by atoms with E-state index in [9.17, 15) is 4.79 Å². The molecule has 0 spiro atoms. The summed E-state index contributed by atoms with van der Waals surface area (Å²) in [6, 6.07) is 8.22. The molecule has 0 amide bonds. The van der Waals surface area contributed by atoms with Gasteiger partial charge in [0.1, 0.15) is 0 Å². The molecule has 1 saturated heterocycles. The number of hydrogen-bond donors (Lipinski definition) is 0. The van der Waals surface area contributed by atoms with Gasteiger partial charge in [0.25, 0.3) is 0 Å². The number of methoxy groups -OCH3 is 1. The summed E-state index contributed by atoms with van der Waals surface area (Å²) in [6.07, 6.45) is 0.210. The molecule has 3 rings (SSSR count). The molecule has 5 nitrogen and oxygen atoms in total. The Morgan fingerprint density at radius 3 is 2.35 bits per heavy atom. The lowest BCUT2D eigenvalue weighted by Crippen LogP contribution is -2.41. The Kier molecular flexibility index (Phi) is 4.70. The Morgan fingerprint density at radius 1 is 1.19 bits per heavy atom. The lowest BCUT2D eigenvalue weighted by molar-refractivity contribution is -0.140. The van der Waals surface area contributed by atoms with Gasteiger partial charge in [-0.1, -0.05) is 18.2 Å². The second kappa shape index (κ2) is 6.43. The third-order valence-corrected chi connectivity index (χ3v) is 6.03. The zero-order valence-corrected chi connectivity index (χ0v) is 16.8. The molecule has 6 heteroatoms. The van der Waals surface area contributed by atoms with Gasteiger partial charge in [-0.2, -0.15) is 0 Å². The van der Waals surface area contributed by atoms with Crippen molar-refractivity contribution in [3.05, 3.63) is 35.5 Å². The van der Waals surface area contributed by atoms with Gasteiger partial charge in [0.15, 0.2) is 0 Å². The first-order valence-electron chi connectivity index (χ1n) is 9.05. The number of rotatable bonds is 4. The van der Waals surface area contributed by atoms with Crippen molar-refractivity contribution in [2.24, 2.45) is 7.05 Å². The van der Waals surface area contributed by atoms with E-state index in [2.05, 4.69) is 23.6 Å². The quantitative estimate of drug-likeness (QED) is 0.618. The molecule has 1 aliphatic heterocycles. The molecule has 1 fully saturated rings. The predicted molar refractivity (Wildman–Crippen MR) is 103 cm³/mol. The fourth-order valence-electron chi connectivity index (χ4n) is 3.67. The van der Waals surface area contributed by atoms with Crippen LogP contribution in [0.5, 0.6) is 0 Å². The van der Waals surface area contributed by atoms with Crippen molar-refractivity contribution in [1.82, 2.24) is 4.57 Å². The van der Waals surface area contributed by atoms with Crippen molar-refractivity contribution in [2.45, 2.75) is 58.1 Å². The molecule has 26 heavy (non-hydrogen) atoms. The number of esters is 1. The van der Waals surface area contributed by atoms with Crippen LogP contribution in [0.2, 0.25) is 0 Å². The molecule has 0 aliphatic carbocycles. The molecular weight excluding hydrogens is 329 g/mol. The average Bonchev–Trinajstić information content (AvgIpc) is 2.95. The molecule has 1 aliphatic rings. The van der Waals surface area contributed by atoms with Crippen molar-refractivity contribution in [3.63, 3.8) is 0 Å². The van der Waals surface area contributed by atoms with E-state index in [0.717, 1.165) is 22.2 Å². The summed E-state index contributed by atoms with van der Waals surface area (Å²) in [5.41, 5.74) is 2.42. The molecule has 140 valence electrons.